The number of aryl methyl sites for hydroxylation is 1. The second kappa shape index (κ2) is 5.23. The third kappa shape index (κ3) is 2.79. The normalized spacial score (nSPS) is 12.6. The molecule has 1 heterocycles. The van der Waals surface area contributed by atoms with Crippen molar-refractivity contribution in [2.75, 3.05) is 0 Å². The lowest BCUT2D eigenvalue weighted by Crippen LogP contribution is -2.03. The van der Waals surface area contributed by atoms with Gasteiger partial charge in [-0.05, 0) is 31.2 Å². The fourth-order valence-corrected chi connectivity index (χ4v) is 2.67. The summed E-state index contributed by atoms with van der Waals surface area (Å²) in [7, 11) is -1.16. The summed E-state index contributed by atoms with van der Waals surface area (Å²) in [5.74, 6) is 0.0868. The standard InChI is InChI=1S/C12H13FN2OS/c1-2-15-9-14-7-11(15)8-17(16)12-5-3-10(13)4-6-12/h3-7,9H,2,8H2,1H3. The van der Waals surface area contributed by atoms with E-state index < -0.39 is 10.8 Å². The summed E-state index contributed by atoms with van der Waals surface area (Å²) in [6.07, 6.45) is 3.43. The van der Waals surface area contributed by atoms with Gasteiger partial charge in [0, 0.05) is 17.6 Å². The molecule has 17 heavy (non-hydrogen) atoms. The van der Waals surface area contributed by atoms with E-state index in [9.17, 15) is 8.60 Å². The van der Waals surface area contributed by atoms with Crippen LogP contribution in [0.3, 0.4) is 0 Å². The molecule has 3 nitrogen and oxygen atoms in total. The van der Waals surface area contributed by atoms with E-state index in [0.717, 1.165) is 12.2 Å². The molecular formula is C12H13FN2OS. The molecule has 0 saturated carbocycles. The Morgan fingerprint density at radius 1 is 1.35 bits per heavy atom. The van der Waals surface area contributed by atoms with Crippen molar-refractivity contribution in [3.63, 3.8) is 0 Å². The molecule has 0 saturated heterocycles. The predicted molar refractivity (Wildman–Crippen MR) is 64.4 cm³/mol. The van der Waals surface area contributed by atoms with E-state index in [4.69, 9.17) is 0 Å². The fourth-order valence-electron chi connectivity index (χ4n) is 1.56. The lowest BCUT2D eigenvalue weighted by molar-refractivity contribution is 0.626. The number of benzene rings is 1. The third-order valence-electron chi connectivity index (χ3n) is 2.49. The summed E-state index contributed by atoms with van der Waals surface area (Å²) >= 11 is 0. The van der Waals surface area contributed by atoms with Crippen LogP contribution >= 0.6 is 0 Å². The molecule has 0 aliphatic rings. The highest BCUT2D eigenvalue weighted by Crippen LogP contribution is 2.13. The first-order valence-electron chi connectivity index (χ1n) is 5.33. The second-order valence-corrected chi connectivity index (χ2v) is 5.07. The lowest BCUT2D eigenvalue weighted by Gasteiger charge is -2.05. The lowest BCUT2D eigenvalue weighted by atomic mass is 10.4. The maximum absolute atomic E-state index is 12.7. The monoisotopic (exact) mass is 252 g/mol. The summed E-state index contributed by atoms with van der Waals surface area (Å²) in [5, 5.41) is 0. The molecule has 1 atom stereocenters. The van der Waals surface area contributed by atoms with Crippen LogP contribution in [0, 0.1) is 5.82 Å². The third-order valence-corrected chi connectivity index (χ3v) is 3.85. The summed E-state index contributed by atoms with van der Waals surface area (Å²) in [6.45, 7) is 2.81. The Labute approximate surface area is 102 Å². The topological polar surface area (TPSA) is 34.9 Å². The average Bonchev–Trinajstić information content (AvgIpc) is 2.77. The van der Waals surface area contributed by atoms with Crippen molar-refractivity contribution in [2.45, 2.75) is 24.1 Å². The molecule has 0 bridgehead atoms. The van der Waals surface area contributed by atoms with Crippen LogP contribution in [0.2, 0.25) is 0 Å². The van der Waals surface area contributed by atoms with Gasteiger partial charge in [0.25, 0.3) is 0 Å². The van der Waals surface area contributed by atoms with Crippen LogP contribution in [0.5, 0.6) is 0 Å². The Hall–Kier alpha value is -1.49. The highest BCUT2D eigenvalue weighted by Gasteiger charge is 2.08. The van der Waals surface area contributed by atoms with Gasteiger partial charge in [0.2, 0.25) is 0 Å². The fraction of sp³-hybridized carbons (Fsp3) is 0.250. The van der Waals surface area contributed by atoms with E-state index in [1.54, 1.807) is 24.7 Å². The van der Waals surface area contributed by atoms with Crippen molar-refractivity contribution in [3.8, 4) is 0 Å². The second-order valence-electron chi connectivity index (χ2n) is 3.61. The van der Waals surface area contributed by atoms with Gasteiger partial charge in [0.1, 0.15) is 5.82 Å². The van der Waals surface area contributed by atoms with Crippen LogP contribution in [0.15, 0.2) is 41.7 Å². The molecule has 0 spiro atoms. The zero-order valence-electron chi connectivity index (χ0n) is 9.47. The van der Waals surface area contributed by atoms with E-state index in [1.165, 1.54) is 12.1 Å². The number of aromatic nitrogens is 2. The number of imidazole rings is 1. The molecular weight excluding hydrogens is 239 g/mol. The molecule has 0 N–H and O–H groups in total. The maximum atomic E-state index is 12.7. The smallest absolute Gasteiger partial charge is 0.123 e. The molecule has 0 radical (unpaired) electrons. The summed E-state index contributed by atoms with van der Waals surface area (Å²) in [6, 6.07) is 5.75. The molecule has 2 rings (SSSR count). The zero-order valence-corrected chi connectivity index (χ0v) is 10.3. The van der Waals surface area contributed by atoms with Crippen molar-refractivity contribution in [1.82, 2.24) is 9.55 Å². The molecule has 0 amide bonds. The van der Waals surface area contributed by atoms with Crippen LogP contribution in [0.4, 0.5) is 4.39 Å². The van der Waals surface area contributed by atoms with Gasteiger partial charge in [-0.25, -0.2) is 9.37 Å². The van der Waals surface area contributed by atoms with E-state index >= 15 is 0 Å². The SMILES string of the molecule is CCn1cncc1CS(=O)c1ccc(F)cc1. The Balaban J connectivity index is 2.14. The van der Waals surface area contributed by atoms with Gasteiger partial charge in [-0.3, -0.25) is 4.21 Å². The Kier molecular flexibility index (Phi) is 3.68. The molecule has 1 aromatic carbocycles. The first-order chi connectivity index (χ1) is 8.20. The van der Waals surface area contributed by atoms with Crippen molar-refractivity contribution in [1.29, 1.82) is 0 Å². The summed E-state index contributed by atoms with van der Waals surface area (Å²) in [4.78, 5) is 4.66. The molecule has 2 aromatic rings. The van der Waals surface area contributed by atoms with Gasteiger partial charge >= 0.3 is 0 Å². The van der Waals surface area contributed by atoms with Crippen molar-refractivity contribution >= 4 is 10.8 Å². The van der Waals surface area contributed by atoms with Gasteiger partial charge in [0.15, 0.2) is 0 Å². The van der Waals surface area contributed by atoms with E-state index in [1.807, 2.05) is 11.5 Å². The Morgan fingerprint density at radius 3 is 2.71 bits per heavy atom. The number of rotatable bonds is 4. The first-order valence-corrected chi connectivity index (χ1v) is 6.65. The average molecular weight is 252 g/mol. The quantitative estimate of drug-likeness (QED) is 0.837. The van der Waals surface area contributed by atoms with Crippen LogP contribution in [-0.4, -0.2) is 13.8 Å². The van der Waals surface area contributed by atoms with Crippen molar-refractivity contribution in [3.05, 3.63) is 48.3 Å². The maximum Gasteiger partial charge on any atom is 0.123 e. The van der Waals surface area contributed by atoms with Gasteiger partial charge in [-0.2, -0.15) is 0 Å². The zero-order chi connectivity index (χ0) is 12.3. The van der Waals surface area contributed by atoms with Crippen LogP contribution < -0.4 is 0 Å². The Bertz CT molecular complexity index is 522. The van der Waals surface area contributed by atoms with Gasteiger partial charge in [0.05, 0.1) is 28.6 Å². The van der Waals surface area contributed by atoms with Crippen molar-refractivity contribution < 1.29 is 8.60 Å². The van der Waals surface area contributed by atoms with Crippen LogP contribution in [0.25, 0.3) is 0 Å². The summed E-state index contributed by atoms with van der Waals surface area (Å²) < 4.78 is 26.7. The number of hydrogen-bond acceptors (Lipinski definition) is 2. The molecule has 1 aromatic heterocycles. The Morgan fingerprint density at radius 2 is 2.06 bits per heavy atom. The van der Waals surface area contributed by atoms with Gasteiger partial charge in [-0.15, -0.1) is 0 Å². The molecule has 0 aliphatic heterocycles. The van der Waals surface area contributed by atoms with E-state index in [2.05, 4.69) is 4.98 Å². The summed E-state index contributed by atoms with van der Waals surface area (Å²) in [5.41, 5.74) is 0.926. The molecule has 0 fully saturated rings. The van der Waals surface area contributed by atoms with Gasteiger partial charge in [-0.1, -0.05) is 0 Å². The number of hydrogen-bond donors (Lipinski definition) is 0. The van der Waals surface area contributed by atoms with Gasteiger partial charge < -0.3 is 4.57 Å². The largest absolute Gasteiger partial charge is 0.334 e. The van der Waals surface area contributed by atoms with E-state index in [-0.39, 0.29) is 5.82 Å². The highest BCUT2D eigenvalue weighted by atomic mass is 32.2. The van der Waals surface area contributed by atoms with E-state index in [0.29, 0.717) is 10.6 Å². The first kappa shape index (κ1) is 12.0. The number of nitrogens with zero attached hydrogens (tertiary/aromatic N) is 2. The molecule has 1 unspecified atom stereocenters. The number of halogens is 1. The van der Waals surface area contributed by atoms with Crippen LogP contribution in [-0.2, 0) is 23.1 Å². The predicted octanol–water partition coefficient (Wildman–Crippen LogP) is 2.35. The minimum atomic E-state index is -1.16. The molecule has 5 heteroatoms. The molecule has 0 aliphatic carbocycles. The molecule has 90 valence electrons. The highest BCUT2D eigenvalue weighted by molar-refractivity contribution is 7.84. The minimum Gasteiger partial charge on any atom is -0.334 e. The minimum absolute atomic E-state index is 0.315. The van der Waals surface area contributed by atoms with Crippen molar-refractivity contribution in [2.24, 2.45) is 0 Å². The van der Waals surface area contributed by atoms with Crippen LogP contribution in [0.1, 0.15) is 12.6 Å².